The van der Waals surface area contributed by atoms with Crippen molar-refractivity contribution in [1.82, 2.24) is 10.3 Å². The number of esters is 1. The van der Waals surface area contributed by atoms with Crippen LogP contribution in [0.2, 0.25) is 5.02 Å². The summed E-state index contributed by atoms with van der Waals surface area (Å²) in [4.78, 5) is 28.7. The molecule has 3 aromatic rings. The van der Waals surface area contributed by atoms with Crippen LogP contribution in [0.5, 0.6) is 0 Å². The summed E-state index contributed by atoms with van der Waals surface area (Å²) in [6.45, 7) is 1.95. The molecule has 1 atom stereocenters. The summed E-state index contributed by atoms with van der Waals surface area (Å²) in [6, 6.07) is 15.3. The molecule has 0 aliphatic carbocycles. The number of benzene rings is 2. The first-order valence-corrected chi connectivity index (χ1v) is 9.77. The summed E-state index contributed by atoms with van der Waals surface area (Å²) in [5.74, 6) is 0.206. The van der Waals surface area contributed by atoms with Crippen molar-refractivity contribution in [3.63, 3.8) is 0 Å². The van der Waals surface area contributed by atoms with Crippen LogP contribution in [0.25, 0.3) is 11.3 Å². The molecule has 0 saturated carbocycles. The van der Waals surface area contributed by atoms with E-state index in [1.807, 2.05) is 30.3 Å². The van der Waals surface area contributed by atoms with Crippen LogP contribution in [0.15, 0.2) is 65.2 Å². The van der Waals surface area contributed by atoms with E-state index in [-0.39, 0.29) is 25.5 Å². The van der Waals surface area contributed by atoms with Crippen molar-refractivity contribution in [1.29, 1.82) is 0 Å². The molecule has 1 aromatic heterocycles. The summed E-state index contributed by atoms with van der Waals surface area (Å²) < 4.78 is 16.0. The summed E-state index contributed by atoms with van der Waals surface area (Å²) >= 11 is 5.90. The molecule has 0 aliphatic heterocycles. The van der Waals surface area contributed by atoms with Crippen molar-refractivity contribution in [2.75, 3.05) is 6.61 Å². The molecule has 156 valence electrons. The second-order valence-electron chi connectivity index (χ2n) is 6.34. The molecule has 3 rings (SSSR count). The Morgan fingerprint density at radius 1 is 1.10 bits per heavy atom. The maximum atomic E-state index is 12.3. The van der Waals surface area contributed by atoms with Crippen LogP contribution in [0.3, 0.4) is 0 Å². The van der Waals surface area contributed by atoms with Crippen molar-refractivity contribution >= 4 is 23.7 Å². The number of ether oxygens (including phenoxy) is 2. The average molecular weight is 429 g/mol. The largest absolute Gasteiger partial charge is 0.464 e. The summed E-state index contributed by atoms with van der Waals surface area (Å²) in [5, 5.41) is 3.13. The number of carbonyl (C=O) groups is 2. The molecule has 1 N–H and O–H groups in total. The molecular formula is C22H21ClN2O5. The van der Waals surface area contributed by atoms with Gasteiger partial charge in [-0.1, -0.05) is 41.9 Å². The smallest absolute Gasteiger partial charge is 0.408 e. The molecule has 0 aliphatic rings. The molecule has 0 unspecified atom stereocenters. The average Bonchev–Trinajstić information content (AvgIpc) is 3.22. The molecule has 0 saturated heterocycles. The van der Waals surface area contributed by atoms with Gasteiger partial charge < -0.3 is 19.2 Å². The van der Waals surface area contributed by atoms with E-state index in [4.69, 9.17) is 25.5 Å². The van der Waals surface area contributed by atoms with Crippen LogP contribution >= 0.6 is 11.6 Å². The van der Waals surface area contributed by atoms with Gasteiger partial charge in [0.25, 0.3) is 0 Å². The number of oxazole rings is 1. The SMILES string of the molecule is CCOC(=O)[C@H](Cc1ncc(-c2ccc(Cl)cc2)o1)NC(=O)OCc1ccccc1. The number of halogens is 1. The highest BCUT2D eigenvalue weighted by atomic mass is 35.5. The lowest BCUT2D eigenvalue weighted by molar-refractivity contribution is -0.145. The Hall–Kier alpha value is -3.32. The van der Waals surface area contributed by atoms with E-state index in [2.05, 4.69) is 10.3 Å². The van der Waals surface area contributed by atoms with Gasteiger partial charge in [-0.15, -0.1) is 0 Å². The Kier molecular flexibility index (Phi) is 7.45. The number of hydrogen-bond acceptors (Lipinski definition) is 6. The van der Waals surface area contributed by atoms with Crippen LogP contribution in [0.1, 0.15) is 18.4 Å². The number of aromatic nitrogens is 1. The Balaban J connectivity index is 1.64. The van der Waals surface area contributed by atoms with E-state index in [1.54, 1.807) is 37.4 Å². The fourth-order valence-corrected chi connectivity index (χ4v) is 2.80. The van der Waals surface area contributed by atoms with Crippen molar-refractivity contribution in [2.45, 2.75) is 26.0 Å². The molecule has 7 nitrogen and oxygen atoms in total. The first kappa shape index (κ1) is 21.4. The van der Waals surface area contributed by atoms with Crippen LogP contribution in [0.4, 0.5) is 4.79 Å². The zero-order chi connectivity index (χ0) is 21.3. The number of nitrogens with zero attached hydrogens (tertiary/aromatic N) is 1. The second-order valence-corrected chi connectivity index (χ2v) is 6.78. The Bertz CT molecular complexity index is 973. The topological polar surface area (TPSA) is 90.7 Å². The highest BCUT2D eigenvalue weighted by Gasteiger charge is 2.25. The fourth-order valence-electron chi connectivity index (χ4n) is 2.67. The number of nitrogens with one attached hydrogen (secondary N) is 1. The zero-order valence-corrected chi connectivity index (χ0v) is 17.1. The van der Waals surface area contributed by atoms with Crippen molar-refractivity contribution in [3.05, 3.63) is 77.3 Å². The van der Waals surface area contributed by atoms with E-state index in [0.717, 1.165) is 11.1 Å². The number of hydrogen-bond donors (Lipinski definition) is 1. The highest BCUT2D eigenvalue weighted by molar-refractivity contribution is 6.30. The van der Waals surface area contributed by atoms with Gasteiger partial charge >= 0.3 is 12.1 Å². The normalized spacial score (nSPS) is 11.5. The molecule has 0 spiro atoms. The van der Waals surface area contributed by atoms with Gasteiger partial charge in [-0.05, 0) is 36.8 Å². The molecule has 8 heteroatoms. The van der Waals surface area contributed by atoms with E-state index in [9.17, 15) is 9.59 Å². The van der Waals surface area contributed by atoms with Gasteiger partial charge in [0.2, 0.25) is 0 Å². The first-order valence-electron chi connectivity index (χ1n) is 9.39. The van der Waals surface area contributed by atoms with Crippen molar-refractivity contribution in [2.24, 2.45) is 0 Å². The number of rotatable bonds is 8. The van der Waals surface area contributed by atoms with Gasteiger partial charge in [-0.3, -0.25) is 0 Å². The quantitative estimate of drug-likeness (QED) is 0.535. The Morgan fingerprint density at radius 2 is 1.83 bits per heavy atom. The third-order valence-electron chi connectivity index (χ3n) is 4.14. The van der Waals surface area contributed by atoms with Gasteiger partial charge in [0.1, 0.15) is 12.6 Å². The number of amides is 1. The third-order valence-corrected chi connectivity index (χ3v) is 4.39. The minimum absolute atomic E-state index is 0.0207. The molecule has 2 aromatic carbocycles. The van der Waals surface area contributed by atoms with Gasteiger partial charge in [0.15, 0.2) is 11.7 Å². The maximum absolute atomic E-state index is 12.3. The van der Waals surface area contributed by atoms with E-state index in [0.29, 0.717) is 10.8 Å². The molecular weight excluding hydrogens is 408 g/mol. The molecule has 0 radical (unpaired) electrons. The minimum Gasteiger partial charge on any atom is -0.464 e. The third kappa shape index (κ3) is 6.09. The van der Waals surface area contributed by atoms with Crippen LogP contribution in [-0.2, 0) is 27.3 Å². The lowest BCUT2D eigenvalue weighted by Gasteiger charge is -2.16. The predicted molar refractivity (Wildman–Crippen MR) is 111 cm³/mol. The summed E-state index contributed by atoms with van der Waals surface area (Å²) in [7, 11) is 0. The van der Waals surface area contributed by atoms with Gasteiger partial charge in [-0.2, -0.15) is 0 Å². The molecule has 0 bridgehead atoms. The van der Waals surface area contributed by atoms with Crippen LogP contribution in [-0.4, -0.2) is 29.7 Å². The number of alkyl carbamates (subject to hydrolysis) is 1. The molecule has 1 amide bonds. The van der Waals surface area contributed by atoms with Crippen LogP contribution in [0, 0.1) is 0 Å². The zero-order valence-electron chi connectivity index (χ0n) is 16.3. The maximum Gasteiger partial charge on any atom is 0.408 e. The highest BCUT2D eigenvalue weighted by Crippen LogP contribution is 2.22. The first-order chi connectivity index (χ1) is 14.5. The van der Waals surface area contributed by atoms with Crippen molar-refractivity contribution in [3.8, 4) is 11.3 Å². The molecule has 30 heavy (non-hydrogen) atoms. The molecule has 1 heterocycles. The lowest BCUT2D eigenvalue weighted by Crippen LogP contribution is -2.43. The van der Waals surface area contributed by atoms with Gasteiger partial charge in [0, 0.05) is 10.6 Å². The van der Waals surface area contributed by atoms with Crippen LogP contribution < -0.4 is 5.32 Å². The Labute approximate surface area is 179 Å². The van der Waals surface area contributed by atoms with Gasteiger partial charge in [0.05, 0.1) is 19.2 Å². The van der Waals surface area contributed by atoms with E-state index in [1.165, 1.54) is 0 Å². The Morgan fingerprint density at radius 3 is 2.53 bits per heavy atom. The second kappa shape index (κ2) is 10.5. The van der Waals surface area contributed by atoms with E-state index >= 15 is 0 Å². The standard InChI is InChI=1S/C22H21ClN2O5/c1-2-28-21(26)18(25-22(27)29-14-15-6-4-3-5-7-15)12-20-24-13-19(30-20)16-8-10-17(23)11-9-16/h3-11,13,18H,2,12,14H2,1H3,(H,25,27)/t18-/m0/s1. The predicted octanol–water partition coefficient (Wildman–Crippen LogP) is 4.40. The summed E-state index contributed by atoms with van der Waals surface area (Å²) in [6.07, 6.45) is 0.836. The molecule has 0 fully saturated rings. The van der Waals surface area contributed by atoms with Crippen molar-refractivity contribution < 1.29 is 23.5 Å². The minimum atomic E-state index is -0.995. The fraction of sp³-hybridized carbons (Fsp3) is 0.227. The summed E-state index contributed by atoms with van der Waals surface area (Å²) in [5.41, 5.74) is 1.63. The number of carbonyl (C=O) groups excluding carboxylic acids is 2. The monoisotopic (exact) mass is 428 g/mol. The van der Waals surface area contributed by atoms with Gasteiger partial charge in [-0.25, -0.2) is 14.6 Å². The lowest BCUT2D eigenvalue weighted by atomic mass is 10.2. The van der Waals surface area contributed by atoms with E-state index < -0.39 is 18.1 Å².